The third-order valence-corrected chi connectivity index (χ3v) is 2.71. The maximum Gasteiger partial charge on any atom is 0.243 e. The maximum atomic E-state index is 10.4. The molecule has 0 saturated carbocycles. The Balaban J connectivity index is 2.24. The summed E-state index contributed by atoms with van der Waals surface area (Å²) in [7, 11) is 1.85. The van der Waals surface area contributed by atoms with Gasteiger partial charge in [-0.15, -0.1) is 0 Å². The van der Waals surface area contributed by atoms with Gasteiger partial charge in [0.25, 0.3) is 0 Å². The van der Waals surface area contributed by atoms with E-state index in [0.717, 1.165) is 11.4 Å². The standard InChI is InChI=1S/C10H17ClN4O2/c1-7-10(11)8(15(2)14-7)5-13-3-4-17-6-9(12)16/h13H,3-6H2,1-2H3,(H2,12,16). The van der Waals surface area contributed by atoms with E-state index in [1.165, 1.54) is 0 Å². The maximum absolute atomic E-state index is 10.4. The summed E-state index contributed by atoms with van der Waals surface area (Å²) >= 11 is 6.08. The average Bonchev–Trinajstić information content (AvgIpc) is 2.48. The first-order valence-corrected chi connectivity index (χ1v) is 5.65. The first-order valence-electron chi connectivity index (χ1n) is 5.27. The quantitative estimate of drug-likeness (QED) is 0.675. The molecule has 0 atom stereocenters. The molecule has 0 unspecified atom stereocenters. The van der Waals surface area contributed by atoms with E-state index >= 15 is 0 Å². The van der Waals surface area contributed by atoms with Gasteiger partial charge in [0.1, 0.15) is 6.61 Å². The number of carbonyl (C=O) groups is 1. The second-order valence-electron chi connectivity index (χ2n) is 3.67. The molecule has 1 heterocycles. The van der Waals surface area contributed by atoms with Crippen LogP contribution in [0.3, 0.4) is 0 Å². The van der Waals surface area contributed by atoms with Gasteiger partial charge in [-0.2, -0.15) is 5.10 Å². The first-order chi connectivity index (χ1) is 8.02. The van der Waals surface area contributed by atoms with Gasteiger partial charge < -0.3 is 15.8 Å². The largest absolute Gasteiger partial charge is 0.370 e. The number of nitrogens with zero attached hydrogens (tertiary/aromatic N) is 2. The molecule has 0 fully saturated rings. The molecule has 6 nitrogen and oxygen atoms in total. The van der Waals surface area contributed by atoms with E-state index < -0.39 is 5.91 Å². The number of hydrogen-bond donors (Lipinski definition) is 2. The molecule has 1 rings (SSSR count). The predicted octanol–water partition coefficient (Wildman–Crippen LogP) is -0.0266. The molecule has 0 aliphatic rings. The number of nitrogens with one attached hydrogen (secondary N) is 1. The first kappa shape index (κ1) is 14.0. The molecule has 96 valence electrons. The Morgan fingerprint density at radius 3 is 2.88 bits per heavy atom. The highest BCUT2D eigenvalue weighted by atomic mass is 35.5. The van der Waals surface area contributed by atoms with Gasteiger partial charge in [0.15, 0.2) is 0 Å². The molecule has 0 aliphatic heterocycles. The van der Waals surface area contributed by atoms with Gasteiger partial charge in [-0.1, -0.05) is 11.6 Å². The smallest absolute Gasteiger partial charge is 0.243 e. The predicted molar refractivity (Wildman–Crippen MR) is 64.7 cm³/mol. The van der Waals surface area contributed by atoms with Crippen molar-refractivity contribution in [1.82, 2.24) is 15.1 Å². The van der Waals surface area contributed by atoms with Crippen molar-refractivity contribution < 1.29 is 9.53 Å². The molecule has 0 spiro atoms. The minimum Gasteiger partial charge on any atom is -0.370 e. The average molecular weight is 261 g/mol. The minimum absolute atomic E-state index is 0.0484. The van der Waals surface area contributed by atoms with Gasteiger partial charge in [-0.25, -0.2) is 0 Å². The van der Waals surface area contributed by atoms with Crippen molar-refractivity contribution >= 4 is 17.5 Å². The van der Waals surface area contributed by atoms with Gasteiger partial charge >= 0.3 is 0 Å². The minimum atomic E-state index is -0.463. The Morgan fingerprint density at radius 1 is 1.65 bits per heavy atom. The second-order valence-corrected chi connectivity index (χ2v) is 4.04. The summed E-state index contributed by atoms with van der Waals surface area (Å²) in [5, 5.41) is 8.03. The van der Waals surface area contributed by atoms with Crippen LogP contribution in [-0.2, 0) is 23.1 Å². The van der Waals surface area contributed by atoms with Crippen molar-refractivity contribution in [3.63, 3.8) is 0 Å². The normalized spacial score (nSPS) is 10.8. The van der Waals surface area contributed by atoms with Crippen LogP contribution in [0.25, 0.3) is 0 Å². The Hall–Kier alpha value is -1.11. The van der Waals surface area contributed by atoms with Crippen LogP contribution in [0.1, 0.15) is 11.4 Å². The van der Waals surface area contributed by atoms with Gasteiger partial charge in [0.2, 0.25) is 5.91 Å². The molecule has 0 aliphatic carbocycles. The highest BCUT2D eigenvalue weighted by Gasteiger charge is 2.09. The van der Waals surface area contributed by atoms with Crippen molar-refractivity contribution in [3.05, 3.63) is 16.4 Å². The zero-order valence-corrected chi connectivity index (χ0v) is 10.8. The van der Waals surface area contributed by atoms with Crippen LogP contribution >= 0.6 is 11.6 Å². The van der Waals surface area contributed by atoms with Crippen molar-refractivity contribution in [2.75, 3.05) is 19.8 Å². The summed E-state index contributed by atoms with van der Waals surface area (Å²) in [6.07, 6.45) is 0. The molecule has 1 amide bonds. The third-order valence-electron chi connectivity index (χ3n) is 2.22. The van der Waals surface area contributed by atoms with Crippen LogP contribution in [0.2, 0.25) is 5.02 Å². The molecular formula is C10H17ClN4O2. The molecule has 1 aromatic heterocycles. The van der Waals surface area contributed by atoms with E-state index in [1.54, 1.807) is 4.68 Å². The monoisotopic (exact) mass is 260 g/mol. The van der Waals surface area contributed by atoms with Crippen molar-refractivity contribution in [3.8, 4) is 0 Å². The highest BCUT2D eigenvalue weighted by molar-refractivity contribution is 6.31. The van der Waals surface area contributed by atoms with Crippen molar-refractivity contribution in [1.29, 1.82) is 0 Å². The number of amides is 1. The van der Waals surface area contributed by atoms with Gasteiger partial charge in [0, 0.05) is 20.1 Å². The summed E-state index contributed by atoms with van der Waals surface area (Å²) in [5.74, 6) is -0.463. The summed E-state index contributed by atoms with van der Waals surface area (Å²) in [6, 6.07) is 0. The second kappa shape index (κ2) is 6.58. The summed E-state index contributed by atoms with van der Waals surface area (Å²) in [6.45, 7) is 3.47. The van der Waals surface area contributed by atoms with E-state index in [-0.39, 0.29) is 6.61 Å². The van der Waals surface area contributed by atoms with E-state index in [1.807, 2.05) is 14.0 Å². The number of primary amides is 1. The fraction of sp³-hybridized carbons (Fsp3) is 0.600. The van der Waals surface area contributed by atoms with Crippen LogP contribution in [0.4, 0.5) is 0 Å². The molecule has 0 saturated heterocycles. The zero-order valence-electron chi connectivity index (χ0n) is 9.99. The zero-order chi connectivity index (χ0) is 12.8. The topological polar surface area (TPSA) is 82.2 Å². The summed E-state index contributed by atoms with van der Waals surface area (Å²) in [4.78, 5) is 10.4. The van der Waals surface area contributed by atoms with Crippen molar-refractivity contribution in [2.24, 2.45) is 12.8 Å². The van der Waals surface area contributed by atoms with Gasteiger partial charge in [-0.3, -0.25) is 9.48 Å². The molecule has 0 aromatic carbocycles. The third kappa shape index (κ3) is 4.33. The summed E-state index contributed by atoms with van der Waals surface area (Å²) < 4.78 is 6.75. The molecule has 1 aromatic rings. The molecule has 0 radical (unpaired) electrons. The van der Waals surface area contributed by atoms with E-state index in [0.29, 0.717) is 24.7 Å². The number of carbonyl (C=O) groups excluding carboxylic acids is 1. The number of rotatable bonds is 7. The van der Waals surface area contributed by atoms with Crippen molar-refractivity contribution in [2.45, 2.75) is 13.5 Å². The van der Waals surface area contributed by atoms with Crippen LogP contribution in [0.15, 0.2) is 0 Å². The number of nitrogens with two attached hydrogens (primary N) is 1. The Bertz CT molecular complexity index is 392. The van der Waals surface area contributed by atoms with Crippen LogP contribution in [0.5, 0.6) is 0 Å². The Kier molecular flexibility index (Phi) is 5.40. The lowest BCUT2D eigenvalue weighted by Crippen LogP contribution is -2.24. The van der Waals surface area contributed by atoms with Crippen LogP contribution in [0, 0.1) is 6.92 Å². The molecule has 17 heavy (non-hydrogen) atoms. The SMILES string of the molecule is Cc1nn(C)c(CNCCOCC(N)=O)c1Cl. The lowest BCUT2D eigenvalue weighted by molar-refractivity contribution is -0.122. The number of ether oxygens (including phenoxy) is 1. The lowest BCUT2D eigenvalue weighted by Gasteiger charge is -2.06. The number of halogens is 1. The number of aromatic nitrogens is 2. The number of hydrogen-bond acceptors (Lipinski definition) is 4. The van der Waals surface area contributed by atoms with E-state index in [9.17, 15) is 4.79 Å². The van der Waals surface area contributed by atoms with Crippen LogP contribution < -0.4 is 11.1 Å². The van der Waals surface area contributed by atoms with Gasteiger partial charge in [0.05, 0.1) is 23.0 Å². The highest BCUT2D eigenvalue weighted by Crippen LogP contribution is 2.18. The van der Waals surface area contributed by atoms with E-state index in [2.05, 4.69) is 10.4 Å². The molecular weight excluding hydrogens is 244 g/mol. The molecule has 3 N–H and O–H groups in total. The molecule has 0 bridgehead atoms. The van der Waals surface area contributed by atoms with Gasteiger partial charge in [-0.05, 0) is 6.92 Å². The van der Waals surface area contributed by atoms with Crippen LogP contribution in [-0.4, -0.2) is 35.4 Å². The number of aryl methyl sites for hydroxylation is 2. The Labute approximate surface area is 105 Å². The fourth-order valence-electron chi connectivity index (χ4n) is 1.40. The van der Waals surface area contributed by atoms with E-state index in [4.69, 9.17) is 22.1 Å². The fourth-order valence-corrected chi connectivity index (χ4v) is 1.62. The lowest BCUT2D eigenvalue weighted by atomic mass is 10.3. The summed E-state index contributed by atoms with van der Waals surface area (Å²) in [5.41, 5.74) is 6.67. The molecule has 7 heteroatoms. The Morgan fingerprint density at radius 2 is 2.35 bits per heavy atom.